The van der Waals surface area contributed by atoms with Crippen LogP contribution in [0, 0.1) is 23.2 Å². The van der Waals surface area contributed by atoms with Gasteiger partial charge in [0, 0.05) is 29.4 Å². The predicted molar refractivity (Wildman–Crippen MR) is 144 cm³/mol. The van der Waals surface area contributed by atoms with Gasteiger partial charge in [0.05, 0.1) is 13.7 Å². The van der Waals surface area contributed by atoms with Gasteiger partial charge in [-0.2, -0.15) is 0 Å². The van der Waals surface area contributed by atoms with E-state index in [9.17, 15) is 14.4 Å². The van der Waals surface area contributed by atoms with E-state index in [4.69, 9.17) is 13.9 Å². The molecule has 202 valence electrons. The molecule has 37 heavy (non-hydrogen) atoms. The fourth-order valence-corrected chi connectivity index (χ4v) is 5.48. The van der Waals surface area contributed by atoms with Crippen molar-refractivity contribution in [1.29, 1.82) is 0 Å². The van der Waals surface area contributed by atoms with Crippen LogP contribution in [0.1, 0.15) is 67.2 Å². The van der Waals surface area contributed by atoms with Crippen LogP contribution in [-0.2, 0) is 14.3 Å². The standard InChI is InChI=1S/C30H41NO6/c1-18(2)23-12-8-20(5)30(6,17-36-22-11-9-21-10-15-27(33)37-25(21)16-22)24(23)13-14-26(32)31-28(19(3)4)29(34)35-7/h9-11,15-16,19-20,24,28H,8,12-14,17H2,1-7H3,(H,31,32)/t20-,24-,28+,30-/m0/s1. The van der Waals surface area contributed by atoms with Crippen LogP contribution in [0.25, 0.3) is 11.0 Å². The molecule has 1 N–H and O–H groups in total. The molecule has 0 bridgehead atoms. The first-order valence-corrected chi connectivity index (χ1v) is 13.2. The van der Waals surface area contributed by atoms with Crippen molar-refractivity contribution in [1.82, 2.24) is 5.32 Å². The molecule has 1 fully saturated rings. The van der Waals surface area contributed by atoms with Gasteiger partial charge in [-0.3, -0.25) is 4.79 Å². The molecule has 1 aromatic heterocycles. The van der Waals surface area contributed by atoms with Gasteiger partial charge in [0.2, 0.25) is 5.91 Å². The van der Waals surface area contributed by atoms with Crippen LogP contribution in [0.4, 0.5) is 0 Å². The molecule has 1 saturated carbocycles. The first-order chi connectivity index (χ1) is 17.5. The van der Waals surface area contributed by atoms with Gasteiger partial charge in [-0.15, -0.1) is 0 Å². The monoisotopic (exact) mass is 511 g/mol. The fourth-order valence-electron chi connectivity index (χ4n) is 5.48. The number of amides is 1. The number of ether oxygens (including phenoxy) is 2. The number of carbonyl (C=O) groups excluding carboxylic acids is 2. The highest BCUT2D eigenvalue weighted by atomic mass is 16.5. The topological polar surface area (TPSA) is 94.8 Å². The summed E-state index contributed by atoms with van der Waals surface area (Å²) in [5, 5.41) is 3.71. The van der Waals surface area contributed by atoms with Gasteiger partial charge in [0.1, 0.15) is 17.4 Å². The maximum Gasteiger partial charge on any atom is 0.336 e. The molecule has 3 rings (SSSR count). The Kier molecular flexibility index (Phi) is 9.21. The summed E-state index contributed by atoms with van der Waals surface area (Å²) >= 11 is 0. The lowest BCUT2D eigenvalue weighted by Gasteiger charge is -2.48. The average Bonchev–Trinajstić information content (AvgIpc) is 2.85. The summed E-state index contributed by atoms with van der Waals surface area (Å²) in [4.78, 5) is 36.7. The summed E-state index contributed by atoms with van der Waals surface area (Å²) in [6, 6.07) is 8.02. The van der Waals surface area contributed by atoms with Crippen molar-refractivity contribution in [2.45, 2.75) is 73.3 Å². The van der Waals surface area contributed by atoms with Gasteiger partial charge in [0.25, 0.3) is 0 Å². The van der Waals surface area contributed by atoms with Crippen LogP contribution in [0.3, 0.4) is 0 Å². The Balaban J connectivity index is 1.80. The number of carbonyl (C=O) groups is 2. The molecule has 1 aliphatic carbocycles. The third-order valence-electron chi connectivity index (χ3n) is 8.07. The van der Waals surface area contributed by atoms with Crippen molar-refractivity contribution in [3.63, 3.8) is 0 Å². The van der Waals surface area contributed by atoms with Crippen LogP contribution in [0.2, 0.25) is 0 Å². The minimum absolute atomic E-state index is 0.0653. The van der Waals surface area contributed by atoms with E-state index < -0.39 is 17.6 Å². The third kappa shape index (κ3) is 6.62. The predicted octanol–water partition coefficient (Wildman–Crippen LogP) is 5.65. The van der Waals surface area contributed by atoms with E-state index in [0.29, 0.717) is 36.7 Å². The second-order valence-electron chi connectivity index (χ2n) is 11.1. The minimum Gasteiger partial charge on any atom is -0.493 e. The summed E-state index contributed by atoms with van der Waals surface area (Å²) in [7, 11) is 1.34. The zero-order valence-electron chi connectivity index (χ0n) is 23.2. The van der Waals surface area contributed by atoms with Gasteiger partial charge in [0.15, 0.2) is 0 Å². The summed E-state index contributed by atoms with van der Waals surface area (Å²) in [5.41, 5.74) is 2.56. The van der Waals surface area contributed by atoms with Gasteiger partial charge >= 0.3 is 11.6 Å². The minimum atomic E-state index is -0.659. The Hall–Kier alpha value is -3.09. The van der Waals surface area contributed by atoms with Crippen molar-refractivity contribution >= 4 is 22.8 Å². The molecular formula is C30H41NO6. The lowest BCUT2D eigenvalue weighted by molar-refractivity contribution is -0.146. The second kappa shape index (κ2) is 12.0. The number of hydrogen-bond acceptors (Lipinski definition) is 6. The van der Waals surface area contributed by atoms with Gasteiger partial charge < -0.3 is 19.2 Å². The molecule has 7 nitrogen and oxygen atoms in total. The highest BCUT2D eigenvalue weighted by Crippen LogP contribution is 2.51. The van der Waals surface area contributed by atoms with Crippen molar-refractivity contribution < 1.29 is 23.5 Å². The molecule has 0 radical (unpaired) electrons. The number of hydrogen-bond donors (Lipinski definition) is 1. The number of allylic oxidation sites excluding steroid dienone is 2. The highest BCUT2D eigenvalue weighted by molar-refractivity contribution is 5.84. The van der Waals surface area contributed by atoms with Crippen molar-refractivity contribution in [2.75, 3.05) is 13.7 Å². The second-order valence-corrected chi connectivity index (χ2v) is 11.1. The van der Waals surface area contributed by atoms with E-state index in [2.05, 4.69) is 33.0 Å². The Labute approximate surface area is 219 Å². The van der Waals surface area contributed by atoms with Crippen molar-refractivity contribution in [3.05, 3.63) is 51.9 Å². The summed E-state index contributed by atoms with van der Waals surface area (Å²) in [5.74, 6) is 0.535. The number of nitrogens with one attached hydrogen (secondary N) is 1. The summed E-state index contributed by atoms with van der Waals surface area (Å²) < 4.78 is 16.5. The Morgan fingerprint density at radius 2 is 1.89 bits per heavy atom. The molecule has 0 unspecified atom stereocenters. The summed E-state index contributed by atoms with van der Waals surface area (Å²) in [6.07, 6.45) is 3.02. The Morgan fingerprint density at radius 3 is 2.54 bits per heavy atom. The van der Waals surface area contributed by atoms with Crippen LogP contribution in [-0.4, -0.2) is 31.6 Å². The number of methoxy groups -OCH3 is 1. The maximum absolute atomic E-state index is 12.9. The van der Waals surface area contributed by atoms with E-state index in [1.807, 2.05) is 26.0 Å². The molecule has 0 aliphatic heterocycles. The van der Waals surface area contributed by atoms with E-state index in [1.54, 1.807) is 12.1 Å². The average molecular weight is 512 g/mol. The first-order valence-electron chi connectivity index (χ1n) is 13.2. The quantitative estimate of drug-likeness (QED) is 0.265. The van der Waals surface area contributed by atoms with E-state index in [-0.39, 0.29) is 23.2 Å². The van der Waals surface area contributed by atoms with Crippen molar-refractivity contribution in [3.8, 4) is 5.75 Å². The molecule has 2 aromatic rings. The fraction of sp³-hybridized carbons (Fsp3) is 0.567. The van der Waals surface area contributed by atoms with Crippen LogP contribution < -0.4 is 15.7 Å². The van der Waals surface area contributed by atoms with Gasteiger partial charge in [-0.25, -0.2) is 9.59 Å². The van der Waals surface area contributed by atoms with Crippen LogP contribution in [0.5, 0.6) is 5.75 Å². The van der Waals surface area contributed by atoms with Crippen LogP contribution >= 0.6 is 0 Å². The lowest BCUT2D eigenvalue weighted by Crippen LogP contribution is -2.46. The molecular weight excluding hydrogens is 470 g/mol. The molecule has 4 atom stereocenters. The number of benzene rings is 1. The van der Waals surface area contributed by atoms with Crippen molar-refractivity contribution in [2.24, 2.45) is 23.2 Å². The molecule has 1 aliphatic rings. The Bertz CT molecular complexity index is 1210. The number of fused-ring (bicyclic) bond motifs is 1. The molecule has 1 aromatic carbocycles. The zero-order valence-corrected chi connectivity index (χ0v) is 23.2. The van der Waals surface area contributed by atoms with Gasteiger partial charge in [-0.05, 0) is 69.1 Å². The van der Waals surface area contributed by atoms with Gasteiger partial charge in [-0.1, -0.05) is 38.8 Å². The largest absolute Gasteiger partial charge is 0.493 e. The van der Waals surface area contributed by atoms with E-state index in [1.165, 1.54) is 24.3 Å². The maximum atomic E-state index is 12.9. The highest BCUT2D eigenvalue weighted by Gasteiger charge is 2.45. The Morgan fingerprint density at radius 1 is 1.19 bits per heavy atom. The molecule has 1 heterocycles. The smallest absolute Gasteiger partial charge is 0.336 e. The molecule has 7 heteroatoms. The molecule has 0 saturated heterocycles. The number of rotatable bonds is 9. The SMILES string of the molecule is COC(=O)[C@H](NC(=O)CC[C@H]1C(=C(C)C)CC[C@H](C)[C@]1(C)COc1ccc2ccc(=O)oc2c1)C(C)C. The normalized spacial score (nSPS) is 22.5. The first kappa shape index (κ1) is 28.5. The molecule has 1 amide bonds. The molecule has 0 spiro atoms. The number of esters is 1. The third-order valence-corrected chi connectivity index (χ3v) is 8.07. The van der Waals surface area contributed by atoms with E-state index >= 15 is 0 Å². The van der Waals surface area contributed by atoms with Crippen LogP contribution in [0.15, 0.2) is 50.7 Å². The summed E-state index contributed by atoms with van der Waals surface area (Å²) in [6.45, 7) is 13.0. The zero-order chi connectivity index (χ0) is 27.3. The lowest BCUT2D eigenvalue weighted by atomic mass is 9.58. The van der Waals surface area contributed by atoms with E-state index in [0.717, 1.165) is 18.2 Å².